The van der Waals surface area contributed by atoms with Crippen molar-refractivity contribution in [2.75, 3.05) is 31.6 Å². The molecule has 1 amide bonds. The summed E-state index contributed by atoms with van der Waals surface area (Å²) in [5.41, 5.74) is -0.634. The maximum Gasteiger partial charge on any atom is 0.434 e. The van der Waals surface area contributed by atoms with Gasteiger partial charge in [-0.25, -0.2) is 9.67 Å². The Morgan fingerprint density at radius 1 is 1.02 bits per heavy atom. The monoisotopic (exact) mass is 580 g/mol. The SMILES string of the molecule is Cc1cc(NC(=O)c2cnn(-c3ccc(C(F)(F)F)cn3)c2C(F)(F)F)cnc1C1=CCC(N2CCOCC2)CC1. The molecule has 0 saturated carbocycles. The fourth-order valence-corrected chi connectivity index (χ4v) is 5.13. The van der Waals surface area contributed by atoms with Crippen LogP contribution in [-0.2, 0) is 17.1 Å². The molecule has 3 aromatic heterocycles. The number of morpholine rings is 1. The molecule has 0 spiro atoms. The molecule has 0 radical (unpaired) electrons. The lowest BCUT2D eigenvalue weighted by molar-refractivity contribution is -0.143. The first kappa shape index (κ1) is 28.7. The molecule has 8 nitrogen and oxygen atoms in total. The third-order valence-corrected chi connectivity index (χ3v) is 7.16. The lowest BCUT2D eigenvalue weighted by Crippen LogP contribution is -2.43. The average molecular weight is 581 g/mol. The van der Waals surface area contributed by atoms with Gasteiger partial charge in [0.2, 0.25) is 0 Å². The molecule has 1 aliphatic heterocycles. The molecule has 0 bridgehead atoms. The highest BCUT2D eigenvalue weighted by atomic mass is 19.4. The van der Waals surface area contributed by atoms with Gasteiger partial charge in [0.15, 0.2) is 11.5 Å². The second kappa shape index (κ2) is 11.2. The molecule has 1 N–H and O–H groups in total. The Kier molecular flexibility index (Phi) is 7.88. The van der Waals surface area contributed by atoms with Crippen molar-refractivity contribution < 1.29 is 35.9 Å². The number of pyridine rings is 2. The van der Waals surface area contributed by atoms with Gasteiger partial charge in [0.25, 0.3) is 5.91 Å². The van der Waals surface area contributed by atoms with Gasteiger partial charge in [-0.1, -0.05) is 6.08 Å². The lowest BCUT2D eigenvalue weighted by Gasteiger charge is -2.36. The largest absolute Gasteiger partial charge is 0.434 e. The number of hydrogen-bond acceptors (Lipinski definition) is 6. The summed E-state index contributed by atoms with van der Waals surface area (Å²) in [5, 5.41) is 6.02. The molecule has 41 heavy (non-hydrogen) atoms. The van der Waals surface area contributed by atoms with Crippen LogP contribution in [0.1, 0.15) is 52.1 Å². The number of aromatic nitrogens is 4. The number of aryl methyl sites for hydroxylation is 1. The van der Waals surface area contributed by atoms with Gasteiger partial charge in [-0.15, -0.1) is 0 Å². The van der Waals surface area contributed by atoms with Crippen LogP contribution in [0.4, 0.5) is 32.0 Å². The standard InChI is InChI=1S/C27H26F6N6O2/c1-16-12-19(14-35-23(16)17-2-5-20(6-3-17)38-8-10-41-11-9-38)37-25(40)21-15-36-39(24(21)27(31,32)33)22-7-4-18(13-34-22)26(28,29)30/h2,4,7,12-15,20H,3,5-6,8-11H2,1H3,(H,37,40). The molecule has 3 aromatic rings. The van der Waals surface area contributed by atoms with Crippen molar-refractivity contribution >= 4 is 17.2 Å². The number of nitrogens with one attached hydrogen (secondary N) is 1. The van der Waals surface area contributed by atoms with E-state index in [1.807, 2.05) is 6.92 Å². The first-order valence-electron chi connectivity index (χ1n) is 12.9. The van der Waals surface area contributed by atoms with Crippen molar-refractivity contribution in [2.45, 2.75) is 44.6 Å². The second-order valence-corrected chi connectivity index (χ2v) is 9.87. The molecule has 1 atom stereocenters. The minimum absolute atomic E-state index is 0.187. The third-order valence-electron chi connectivity index (χ3n) is 7.16. The summed E-state index contributed by atoms with van der Waals surface area (Å²) in [6.07, 6.45) is -2.45. The number of amides is 1. The summed E-state index contributed by atoms with van der Waals surface area (Å²) in [4.78, 5) is 23.3. The summed E-state index contributed by atoms with van der Waals surface area (Å²) in [5.74, 6) is -1.63. The van der Waals surface area contributed by atoms with E-state index in [-0.39, 0.29) is 5.69 Å². The summed E-state index contributed by atoms with van der Waals surface area (Å²) in [6, 6.07) is 3.42. The molecule has 2 aliphatic rings. The zero-order valence-corrected chi connectivity index (χ0v) is 21.9. The van der Waals surface area contributed by atoms with Gasteiger partial charge in [0.05, 0.1) is 48.1 Å². The van der Waals surface area contributed by atoms with Crippen molar-refractivity contribution in [3.8, 4) is 5.82 Å². The molecule has 14 heteroatoms. The number of anilines is 1. The van der Waals surface area contributed by atoms with Gasteiger partial charge in [-0.05, 0) is 55.5 Å². The van der Waals surface area contributed by atoms with Crippen LogP contribution in [0.15, 0.2) is 42.9 Å². The Balaban J connectivity index is 1.33. The number of rotatable bonds is 5. The van der Waals surface area contributed by atoms with Crippen LogP contribution >= 0.6 is 0 Å². The number of alkyl halides is 6. The highest BCUT2D eigenvalue weighted by Crippen LogP contribution is 2.35. The molecule has 5 rings (SSSR count). The topological polar surface area (TPSA) is 85.2 Å². The average Bonchev–Trinajstić information content (AvgIpc) is 3.40. The number of carbonyl (C=O) groups is 1. The van der Waals surface area contributed by atoms with Crippen molar-refractivity contribution in [2.24, 2.45) is 0 Å². The maximum absolute atomic E-state index is 14.0. The van der Waals surface area contributed by atoms with Gasteiger partial charge in [-0.2, -0.15) is 31.4 Å². The molecule has 1 aliphatic carbocycles. The maximum atomic E-state index is 14.0. The van der Waals surface area contributed by atoms with Crippen LogP contribution in [0.3, 0.4) is 0 Å². The quantitative estimate of drug-likeness (QED) is 0.400. The molecular weight excluding hydrogens is 554 g/mol. The van der Waals surface area contributed by atoms with Crippen LogP contribution in [0.2, 0.25) is 0 Å². The molecule has 1 fully saturated rings. The number of nitrogens with zero attached hydrogens (tertiary/aromatic N) is 5. The van der Waals surface area contributed by atoms with Gasteiger partial charge < -0.3 is 10.1 Å². The predicted molar refractivity (Wildman–Crippen MR) is 136 cm³/mol. The van der Waals surface area contributed by atoms with E-state index in [2.05, 4.69) is 31.4 Å². The first-order chi connectivity index (χ1) is 19.4. The van der Waals surface area contributed by atoms with Crippen molar-refractivity contribution in [3.63, 3.8) is 0 Å². The summed E-state index contributed by atoms with van der Waals surface area (Å²) in [7, 11) is 0. The van der Waals surface area contributed by atoms with Crippen molar-refractivity contribution in [1.82, 2.24) is 24.6 Å². The zero-order valence-electron chi connectivity index (χ0n) is 21.9. The lowest BCUT2D eigenvalue weighted by atomic mass is 9.90. The summed E-state index contributed by atoms with van der Waals surface area (Å²) >= 11 is 0. The molecule has 1 saturated heterocycles. The van der Waals surface area contributed by atoms with E-state index in [9.17, 15) is 31.1 Å². The highest BCUT2D eigenvalue weighted by Gasteiger charge is 2.41. The molecule has 218 valence electrons. The number of halogens is 6. The van der Waals surface area contributed by atoms with Gasteiger partial charge in [-0.3, -0.25) is 14.7 Å². The van der Waals surface area contributed by atoms with E-state index in [1.54, 1.807) is 6.07 Å². The minimum Gasteiger partial charge on any atom is -0.379 e. The fourth-order valence-electron chi connectivity index (χ4n) is 5.13. The normalized spacial score (nSPS) is 18.7. The van der Waals surface area contributed by atoms with E-state index in [4.69, 9.17) is 4.74 Å². The van der Waals surface area contributed by atoms with Crippen LogP contribution in [0.5, 0.6) is 0 Å². The smallest absolute Gasteiger partial charge is 0.379 e. The molecule has 1 unspecified atom stereocenters. The van der Waals surface area contributed by atoms with E-state index in [0.717, 1.165) is 68.5 Å². The molecular formula is C27H26F6N6O2. The Labute approximate surface area is 231 Å². The van der Waals surface area contributed by atoms with E-state index in [1.165, 1.54) is 6.20 Å². The van der Waals surface area contributed by atoms with Gasteiger partial charge >= 0.3 is 12.4 Å². The Morgan fingerprint density at radius 3 is 2.37 bits per heavy atom. The van der Waals surface area contributed by atoms with Crippen LogP contribution < -0.4 is 5.32 Å². The minimum atomic E-state index is -5.06. The van der Waals surface area contributed by atoms with Crippen molar-refractivity contribution in [1.29, 1.82) is 0 Å². The molecule has 0 aromatic carbocycles. The fraction of sp³-hybridized carbons (Fsp3) is 0.407. The Morgan fingerprint density at radius 2 is 1.78 bits per heavy atom. The van der Waals surface area contributed by atoms with Crippen LogP contribution in [-0.4, -0.2) is 62.9 Å². The zero-order chi connectivity index (χ0) is 29.4. The highest BCUT2D eigenvalue weighted by molar-refractivity contribution is 6.05. The van der Waals surface area contributed by atoms with Crippen molar-refractivity contribution in [3.05, 3.63) is 70.9 Å². The summed E-state index contributed by atoms with van der Waals surface area (Å²) < 4.78 is 86.2. The predicted octanol–water partition coefficient (Wildman–Crippen LogP) is 5.53. The summed E-state index contributed by atoms with van der Waals surface area (Å²) in [6.45, 7) is 5.10. The number of ether oxygens (including phenoxy) is 1. The van der Waals surface area contributed by atoms with Crippen LogP contribution in [0.25, 0.3) is 11.4 Å². The Bertz CT molecular complexity index is 1440. The Hall–Kier alpha value is -3.78. The first-order valence-corrected chi connectivity index (χ1v) is 12.9. The third kappa shape index (κ3) is 6.27. The van der Waals surface area contributed by atoms with E-state index < -0.39 is 40.9 Å². The number of hydrogen-bond donors (Lipinski definition) is 1. The van der Waals surface area contributed by atoms with Gasteiger partial charge in [0, 0.05) is 25.3 Å². The van der Waals surface area contributed by atoms with E-state index in [0.29, 0.717) is 29.2 Å². The number of carbonyl (C=O) groups excluding carboxylic acids is 1. The van der Waals surface area contributed by atoms with Crippen LogP contribution in [0, 0.1) is 6.92 Å². The van der Waals surface area contributed by atoms with E-state index >= 15 is 0 Å². The molecule has 4 heterocycles. The van der Waals surface area contributed by atoms with Gasteiger partial charge in [0.1, 0.15) is 0 Å². The second-order valence-electron chi connectivity index (χ2n) is 9.87. The number of allylic oxidation sites excluding steroid dienone is 1.